The van der Waals surface area contributed by atoms with E-state index in [0.717, 1.165) is 173 Å². The highest BCUT2D eigenvalue weighted by Gasteiger charge is 2.31. The van der Waals surface area contributed by atoms with E-state index in [9.17, 15) is 15.3 Å². The van der Waals surface area contributed by atoms with Gasteiger partial charge in [0.05, 0.1) is 25.9 Å². The summed E-state index contributed by atoms with van der Waals surface area (Å²) in [4.78, 5) is 2.20. The monoisotopic (exact) mass is 2000 g/mol. The molecule has 18 heteroatoms. The average molecular weight is 2000 g/mol. The highest BCUT2D eigenvalue weighted by Crippen LogP contribution is 2.41. The Morgan fingerprint density at radius 2 is 0.517 bits per heavy atom. The Morgan fingerprint density at radius 3 is 0.741 bits per heavy atom. The van der Waals surface area contributed by atoms with Gasteiger partial charge in [-0.05, 0) is 309 Å². The second-order valence-electron chi connectivity index (χ2n) is 41.2. The third kappa shape index (κ3) is 31.6. The summed E-state index contributed by atoms with van der Waals surface area (Å²) in [5.41, 5.74) is 55.7. The number of aliphatic hydroxyl groups excluding tert-OH is 3. The van der Waals surface area contributed by atoms with Gasteiger partial charge in [-0.15, -0.1) is 0 Å². The van der Waals surface area contributed by atoms with E-state index in [0.29, 0.717) is 45.9 Å². The van der Waals surface area contributed by atoms with Gasteiger partial charge in [-0.1, -0.05) is 277 Å². The predicted octanol–water partition coefficient (Wildman–Crippen LogP) is 25.2. The first kappa shape index (κ1) is 114. The molecule has 0 saturated carbocycles. The van der Waals surface area contributed by atoms with E-state index in [-0.39, 0.29) is 47.8 Å². The molecule has 0 radical (unpaired) electrons. The molecule has 3 fully saturated rings. The Morgan fingerprint density at radius 1 is 0.306 bits per heavy atom. The third-order valence-corrected chi connectivity index (χ3v) is 29.5. The Kier molecular flexibility index (Phi) is 42.0. The van der Waals surface area contributed by atoms with E-state index < -0.39 is 18.3 Å². The highest BCUT2D eigenvalue weighted by atomic mass is 16.6. The maximum absolute atomic E-state index is 11.1. The van der Waals surface area contributed by atoms with Crippen LogP contribution in [0, 0.1) is 0 Å². The number of likely N-dealkylation sites (N-methyl/N-ethyl adjacent to an activating group) is 1. The first-order valence-electron chi connectivity index (χ1n) is 54.3. The van der Waals surface area contributed by atoms with Gasteiger partial charge >= 0.3 is 0 Å². The second-order valence-corrected chi connectivity index (χ2v) is 41.2. The van der Waals surface area contributed by atoms with E-state index >= 15 is 0 Å². The van der Waals surface area contributed by atoms with E-state index in [4.69, 9.17) is 59.8 Å². The summed E-state index contributed by atoms with van der Waals surface area (Å²) >= 11 is 0. The third-order valence-electron chi connectivity index (χ3n) is 29.5. The number of nitrogen functional groups attached to an aromatic ring is 3. The summed E-state index contributed by atoms with van der Waals surface area (Å²) < 4.78 is 50.6. The fraction of sp³-hybridized carbons (Fsp3) is 0.442. The van der Waals surface area contributed by atoms with Crippen LogP contribution in [0.1, 0.15) is 271 Å². The smallest absolute Gasteiger partial charge is 0.119 e. The lowest BCUT2D eigenvalue weighted by molar-refractivity contribution is 0.104. The molecule has 12 aromatic rings. The molecule has 0 amide bonds. The molecule has 0 spiro atoms. The van der Waals surface area contributed by atoms with Gasteiger partial charge in [0.15, 0.2) is 0 Å². The van der Waals surface area contributed by atoms with E-state index in [1.807, 2.05) is 86.8 Å². The van der Waals surface area contributed by atoms with Crippen molar-refractivity contribution in [3.05, 3.63) is 352 Å². The van der Waals surface area contributed by atoms with Crippen LogP contribution in [-0.4, -0.2) is 139 Å². The number of anilines is 6. The Bertz CT molecular complexity index is 5870. The molecule has 11 N–H and O–H groups in total. The van der Waals surface area contributed by atoms with E-state index in [1.165, 1.54) is 145 Å². The molecule has 0 bridgehead atoms. The van der Waals surface area contributed by atoms with Crippen LogP contribution in [0.5, 0.6) is 34.5 Å². The van der Waals surface area contributed by atoms with Crippen LogP contribution in [0.15, 0.2) is 218 Å². The maximum atomic E-state index is 11.1. The molecule has 6 unspecified atom stereocenters. The average Bonchev–Trinajstić information content (AvgIpc) is 1.57. The molecule has 18 nitrogen and oxygen atoms in total. The molecule has 3 saturated heterocycles. The van der Waals surface area contributed by atoms with Crippen LogP contribution < -0.4 is 61.2 Å². The quantitative estimate of drug-likeness (QED) is 0.0130. The summed E-state index contributed by atoms with van der Waals surface area (Å²) in [6, 6.07) is 77.1. The number of rotatable bonds is 50. The van der Waals surface area contributed by atoms with Gasteiger partial charge in [-0.2, -0.15) is 0 Å². The van der Waals surface area contributed by atoms with Crippen molar-refractivity contribution >= 4 is 34.1 Å². The predicted molar refractivity (Wildman–Crippen MR) is 610 cm³/mol. The Labute approximate surface area is 879 Å². The van der Waals surface area contributed by atoms with Crippen LogP contribution in [-0.2, 0) is 127 Å². The Hall–Kier alpha value is -12.0. The van der Waals surface area contributed by atoms with Crippen molar-refractivity contribution in [2.45, 2.75) is 287 Å². The van der Waals surface area contributed by atoms with Gasteiger partial charge in [0, 0.05) is 77.6 Å². The Balaban J connectivity index is 0.000000184. The van der Waals surface area contributed by atoms with Crippen LogP contribution in [0.3, 0.4) is 0 Å². The van der Waals surface area contributed by atoms with Gasteiger partial charge in [-0.25, -0.2) is 0 Å². The summed E-state index contributed by atoms with van der Waals surface area (Å²) in [6.07, 6.45) is 14.0. The van der Waals surface area contributed by atoms with E-state index in [1.54, 1.807) is 0 Å². The number of aryl methyl sites for hydroxylation is 12. The lowest BCUT2D eigenvalue weighted by atomic mass is 9.78. The zero-order valence-electron chi connectivity index (χ0n) is 92.0. The van der Waals surface area contributed by atoms with Crippen molar-refractivity contribution in [3.8, 4) is 34.5 Å². The number of hydrogen-bond acceptors (Lipinski definition) is 18. The maximum Gasteiger partial charge on any atom is 0.119 e. The molecule has 6 atom stereocenters. The number of nitrogens with two attached hydrogens (primary N) is 3. The van der Waals surface area contributed by atoms with Crippen LogP contribution in [0.2, 0.25) is 0 Å². The van der Waals surface area contributed by atoms with Crippen molar-refractivity contribution in [1.29, 1.82) is 0 Å². The topological polar surface area (TPSA) is 259 Å². The van der Waals surface area contributed by atoms with Crippen molar-refractivity contribution < 1.29 is 58.0 Å². The first-order chi connectivity index (χ1) is 70.7. The van der Waals surface area contributed by atoms with E-state index in [2.05, 4.69) is 293 Å². The van der Waals surface area contributed by atoms with Crippen molar-refractivity contribution in [2.75, 3.05) is 119 Å². The number of nitrogens with zero attached hydrogens (tertiary/aromatic N) is 1. The zero-order valence-corrected chi connectivity index (χ0v) is 92.0. The molecule has 0 aliphatic carbocycles. The van der Waals surface area contributed by atoms with Gasteiger partial charge in [0.2, 0.25) is 0 Å². The minimum atomic E-state index is -0.655. The molecular weight excluding hydrogens is 1830 g/mol. The SMILES string of the molecule is CC(C)(c1ccc(OCC2CO2)cc1)c1ccc(OCC2CO2)cc1.CCc1cc(Cc2cc(CC)c(N(C)CC(O)COc3ccc(C(C)(C)c4ccc(OCC(O)CC)cc4)cc3)c(CC)c2)cc(CC)c1NC.CCc1cc(Cc2cc(CC)c(N)c(CC)c2)cc(CC)c1N.CCc1cc(Cc2cc(CC)c(NCC(O)COc3ccc(C(C)(C)c4ccc(OCC5CO5)cc4)cc3)c(CC)c2)cc(CC)c1N. The van der Waals surface area contributed by atoms with Crippen molar-refractivity contribution in [2.24, 2.45) is 0 Å². The zero-order chi connectivity index (χ0) is 106. The number of ether oxygens (including phenoxy) is 9. The molecular formula is C129H170N6O12. The summed E-state index contributed by atoms with van der Waals surface area (Å²) in [5.74, 6) is 4.88. The minimum absolute atomic E-state index is 0.0870. The van der Waals surface area contributed by atoms with Crippen LogP contribution in [0.25, 0.3) is 0 Å². The fourth-order valence-corrected chi connectivity index (χ4v) is 19.6. The number of hydrogen-bond donors (Lipinski definition) is 8. The molecule has 3 heterocycles. The van der Waals surface area contributed by atoms with Gasteiger partial charge in [0.1, 0.15) is 105 Å². The van der Waals surface area contributed by atoms with Gasteiger partial charge < -0.3 is 90.7 Å². The number of epoxide rings is 3. The molecule has 12 aromatic carbocycles. The number of nitrogens with one attached hydrogen (secondary N) is 2. The van der Waals surface area contributed by atoms with Crippen molar-refractivity contribution in [3.63, 3.8) is 0 Å². The standard InChI is InChI=1S/C45H62N2O4.C42H54N2O4.C21H30N2.C21H24O4/c1-10-33-24-31(25-34(11-2)43(33)46-8)23-32-26-35(12-3)44(36(13-4)27-32)47(9)28-40(49)30-51-42-21-17-38(18-22-42)45(6,7)37-15-19-41(20-16-37)50-29-39(48)14-5;1-7-30-20-28(21-31(8-2)40(30)43)19-29-22-32(9-3)41(33(10-4)23-29)44-24-36(45)25-46-37-15-11-34(12-16-37)42(5,6)35-13-17-38(18-14-35)47-26-39-27-48-39;1-5-16-10-14(11-17(6-2)20(16)22)9-15-12-18(7-3)21(23)19(8-4)13-15;1-21(2,15-3-7-17(8-4-15)22-11-19-13-24-19)16-5-9-18(10-6-16)23-12-20-14-25-20/h15-22,24-27,39-40,46,48-49H,10-14,23,28-30H2,1-9H3;11-18,20-23,36,39,44-45H,7-10,19,24-27,43H2,1-6H3;10-13H,5-9,22-23H2,1-4H3;3-10,19-20H,11-14H2,1-2H3. The summed E-state index contributed by atoms with van der Waals surface area (Å²) in [6.45, 7) is 47.4. The summed E-state index contributed by atoms with van der Waals surface area (Å²) in [7, 11) is 4.10. The molecule has 147 heavy (non-hydrogen) atoms. The molecule has 15 rings (SSSR count). The lowest BCUT2D eigenvalue weighted by Gasteiger charge is -2.28. The van der Waals surface area contributed by atoms with Crippen LogP contribution >= 0.6 is 0 Å². The highest BCUT2D eigenvalue weighted by molar-refractivity contribution is 5.66. The number of benzene rings is 12. The first-order valence-corrected chi connectivity index (χ1v) is 54.3. The van der Waals surface area contributed by atoms with Gasteiger partial charge in [-0.3, -0.25) is 0 Å². The summed E-state index contributed by atoms with van der Waals surface area (Å²) in [5, 5.41) is 38.8. The molecule has 3 aliphatic heterocycles. The number of aliphatic hydroxyl groups is 3. The molecule has 0 aromatic heterocycles. The van der Waals surface area contributed by atoms with Crippen molar-refractivity contribution in [1.82, 2.24) is 0 Å². The normalized spacial score (nSPS) is 14.7. The lowest BCUT2D eigenvalue weighted by Crippen LogP contribution is -2.34. The minimum Gasteiger partial charge on any atom is -0.491 e. The van der Waals surface area contributed by atoms with Crippen LogP contribution in [0.4, 0.5) is 34.1 Å². The van der Waals surface area contributed by atoms with Gasteiger partial charge in [0.25, 0.3) is 0 Å². The largest absolute Gasteiger partial charge is 0.491 e. The fourth-order valence-electron chi connectivity index (χ4n) is 19.6. The second kappa shape index (κ2) is 54.3. The molecule has 3 aliphatic rings. The molecule has 788 valence electrons.